The molecular formula is C38H36N4Pt. The summed E-state index contributed by atoms with van der Waals surface area (Å²) in [6.45, 7) is 12.1. The molecule has 0 saturated carbocycles. The van der Waals surface area contributed by atoms with E-state index >= 15 is 0 Å². The molecule has 6 aromatic rings. The van der Waals surface area contributed by atoms with Gasteiger partial charge in [0.2, 0.25) is 0 Å². The van der Waals surface area contributed by atoms with Crippen LogP contribution in [0.5, 0.6) is 0 Å². The van der Waals surface area contributed by atoms with Crippen molar-refractivity contribution < 1.29 is 21.1 Å². The van der Waals surface area contributed by atoms with Crippen LogP contribution in [0, 0.1) is 12.1 Å². The van der Waals surface area contributed by atoms with Crippen molar-refractivity contribution in [2.24, 2.45) is 0 Å². The van der Waals surface area contributed by atoms with Gasteiger partial charge in [-0.15, -0.1) is 11.5 Å². The van der Waals surface area contributed by atoms with Gasteiger partial charge in [0, 0.05) is 18.8 Å². The average Bonchev–Trinajstić information content (AvgIpc) is 3.51. The first-order valence-electron chi connectivity index (χ1n) is 14.7. The van der Waals surface area contributed by atoms with Gasteiger partial charge >= 0.3 is 21.1 Å². The van der Waals surface area contributed by atoms with Crippen LogP contribution in [0.2, 0.25) is 0 Å². The number of pyridine rings is 1. The second kappa shape index (κ2) is 10.7. The van der Waals surface area contributed by atoms with E-state index < -0.39 is 0 Å². The molecule has 7 rings (SSSR count). The summed E-state index contributed by atoms with van der Waals surface area (Å²) in [6.07, 6.45) is 1.93. The number of nitrogens with zero attached hydrogens (tertiary/aromatic N) is 4. The minimum atomic E-state index is -0.322. The second-order valence-electron chi connectivity index (χ2n) is 13.0. The smallest absolute Gasteiger partial charge is 0.355 e. The van der Waals surface area contributed by atoms with Crippen molar-refractivity contribution in [3.63, 3.8) is 0 Å². The van der Waals surface area contributed by atoms with Crippen LogP contribution < -0.4 is 9.80 Å². The molecule has 4 aromatic carbocycles. The topological polar surface area (TPSA) is 24.3 Å². The van der Waals surface area contributed by atoms with Gasteiger partial charge in [0.15, 0.2) is 0 Å². The van der Waals surface area contributed by atoms with E-state index in [0.717, 1.165) is 40.3 Å². The van der Waals surface area contributed by atoms with Crippen LogP contribution in [0.25, 0.3) is 27.6 Å². The predicted octanol–water partition coefficient (Wildman–Crippen LogP) is 8.95. The van der Waals surface area contributed by atoms with Crippen molar-refractivity contribution in [1.29, 1.82) is 0 Å². The summed E-state index contributed by atoms with van der Waals surface area (Å²) in [6, 6.07) is 40.2. The zero-order valence-corrected chi connectivity index (χ0v) is 27.8. The van der Waals surface area contributed by atoms with E-state index in [-0.39, 0.29) is 31.9 Å². The molecule has 5 heteroatoms. The summed E-state index contributed by atoms with van der Waals surface area (Å²) in [5.41, 5.74) is 8.95. The normalized spacial score (nSPS) is 13.4. The third-order valence-corrected chi connectivity index (χ3v) is 8.78. The molecule has 1 aliphatic heterocycles. The molecule has 0 atom stereocenters. The van der Waals surface area contributed by atoms with Gasteiger partial charge in [-0.25, -0.2) is 4.98 Å². The van der Waals surface area contributed by atoms with E-state index in [1.807, 2.05) is 6.20 Å². The van der Waals surface area contributed by atoms with Crippen molar-refractivity contribution in [1.82, 2.24) is 9.55 Å². The third-order valence-electron chi connectivity index (χ3n) is 8.78. The molecule has 0 N–H and O–H groups in total. The molecule has 3 heterocycles. The Morgan fingerprint density at radius 2 is 1.44 bits per heavy atom. The molecule has 218 valence electrons. The summed E-state index contributed by atoms with van der Waals surface area (Å²) in [7, 11) is 2.14. The van der Waals surface area contributed by atoms with Gasteiger partial charge in [0.25, 0.3) is 0 Å². The number of fused-ring (bicyclic) bond motifs is 4. The number of hydrogen-bond acceptors (Lipinski definition) is 3. The summed E-state index contributed by atoms with van der Waals surface area (Å²) < 4.78 is 2.27. The number of aromatic nitrogens is 2. The number of benzene rings is 4. The maximum absolute atomic E-state index is 4.85. The molecule has 0 fully saturated rings. The Kier molecular flexibility index (Phi) is 7.25. The first kappa shape index (κ1) is 29.2. The molecular weight excluding hydrogens is 708 g/mol. The summed E-state index contributed by atoms with van der Waals surface area (Å²) in [5.74, 6) is 0.921. The van der Waals surface area contributed by atoms with Gasteiger partial charge in [0.05, 0.1) is 18.0 Å². The Morgan fingerprint density at radius 3 is 2.23 bits per heavy atom. The Balaban J connectivity index is 0.00000329. The van der Waals surface area contributed by atoms with E-state index in [4.69, 9.17) is 4.98 Å². The van der Waals surface area contributed by atoms with Crippen LogP contribution in [0.3, 0.4) is 0 Å². The Morgan fingerprint density at radius 1 is 0.721 bits per heavy atom. The second-order valence-corrected chi connectivity index (χ2v) is 13.0. The molecule has 2 aromatic heterocycles. The standard InChI is InChI=1S/C38H36N4.Pt/c1-37(2,3)26-20-21-39-36(24-26)42-32-15-8-7-14-30(32)31-19-18-28(23-35(31)42)38(4,5)27-12-11-13-29(22-27)41-25-40(6)33-16-9-10-17-34(33)41;/h7-21,24H,25H2,1-6H3;/q-2;+2. The molecule has 0 unspecified atom stereocenters. The summed E-state index contributed by atoms with van der Waals surface area (Å²) in [5, 5.41) is 2.39. The SMILES string of the molecule is CN1CN(c2[c-]c(C(C)(C)c3[c-]c4c(cc3)c3ccccc3n4-c3cc(C(C)(C)C)ccn3)ccc2)c2ccccc21.[Pt+2]. The first-order valence-corrected chi connectivity index (χ1v) is 14.7. The fourth-order valence-electron chi connectivity index (χ4n) is 6.21. The first-order chi connectivity index (χ1) is 20.1. The number of hydrogen-bond donors (Lipinski definition) is 0. The monoisotopic (exact) mass is 743 g/mol. The van der Waals surface area contributed by atoms with E-state index in [9.17, 15) is 0 Å². The van der Waals surface area contributed by atoms with E-state index in [2.05, 4.69) is 159 Å². The molecule has 43 heavy (non-hydrogen) atoms. The van der Waals surface area contributed by atoms with Gasteiger partial charge in [-0.1, -0.05) is 76.2 Å². The zero-order valence-electron chi connectivity index (χ0n) is 25.5. The van der Waals surface area contributed by atoms with Crippen molar-refractivity contribution in [2.45, 2.75) is 45.4 Å². The van der Waals surface area contributed by atoms with Crippen molar-refractivity contribution in [3.8, 4) is 5.82 Å². The molecule has 0 saturated heterocycles. The van der Waals surface area contributed by atoms with Crippen molar-refractivity contribution in [2.75, 3.05) is 23.5 Å². The summed E-state index contributed by atoms with van der Waals surface area (Å²) in [4.78, 5) is 9.48. The van der Waals surface area contributed by atoms with Crippen LogP contribution in [0.15, 0.2) is 97.2 Å². The molecule has 0 spiro atoms. The molecule has 0 aliphatic carbocycles. The Labute approximate surface area is 269 Å². The van der Waals surface area contributed by atoms with Gasteiger partial charge < -0.3 is 14.4 Å². The minimum Gasteiger partial charge on any atom is -0.355 e. The Hall–Kier alpha value is -3.88. The Bertz CT molecular complexity index is 1960. The van der Waals surface area contributed by atoms with Gasteiger partial charge in [-0.3, -0.25) is 0 Å². The number of anilines is 3. The third kappa shape index (κ3) is 4.86. The fourth-order valence-corrected chi connectivity index (χ4v) is 6.21. The largest absolute Gasteiger partial charge is 2.00 e. The van der Waals surface area contributed by atoms with Crippen LogP contribution in [-0.2, 0) is 31.9 Å². The van der Waals surface area contributed by atoms with Gasteiger partial charge in [-0.2, -0.15) is 47.5 Å². The molecule has 4 nitrogen and oxygen atoms in total. The van der Waals surface area contributed by atoms with Gasteiger partial charge in [0.1, 0.15) is 5.82 Å². The van der Waals surface area contributed by atoms with Gasteiger partial charge in [-0.05, 0) is 52.1 Å². The quantitative estimate of drug-likeness (QED) is 0.169. The fraction of sp³-hybridized carbons (Fsp3) is 0.237. The van der Waals surface area contributed by atoms with Crippen molar-refractivity contribution in [3.05, 3.63) is 126 Å². The van der Waals surface area contributed by atoms with E-state index in [1.54, 1.807) is 0 Å². The zero-order chi connectivity index (χ0) is 29.2. The van der Waals surface area contributed by atoms with Crippen LogP contribution in [-0.4, -0.2) is 23.3 Å². The van der Waals surface area contributed by atoms with Crippen molar-refractivity contribution >= 4 is 38.9 Å². The predicted molar refractivity (Wildman–Crippen MR) is 175 cm³/mol. The van der Waals surface area contributed by atoms with E-state index in [0.29, 0.717) is 0 Å². The summed E-state index contributed by atoms with van der Waals surface area (Å²) >= 11 is 0. The van der Waals surface area contributed by atoms with Crippen LogP contribution in [0.4, 0.5) is 17.1 Å². The van der Waals surface area contributed by atoms with Crippen LogP contribution in [0.1, 0.15) is 51.3 Å². The van der Waals surface area contributed by atoms with Crippen LogP contribution >= 0.6 is 0 Å². The average molecular weight is 744 g/mol. The maximum Gasteiger partial charge on any atom is 2.00 e. The molecule has 0 radical (unpaired) electrons. The number of rotatable bonds is 4. The maximum atomic E-state index is 4.85. The molecule has 0 amide bonds. The van der Waals surface area contributed by atoms with E-state index in [1.165, 1.54) is 27.7 Å². The number of para-hydroxylation sites is 3. The molecule has 0 bridgehead atoms. The minimum absolute atomic E-state index is 0. The molecule has 1 aliphatic rings.